The van der Waals surface area contributed by atoms with E-state index < -0.39 is 11.5 Å². The molecule has 118 valence electrons. The predicted molar refractivity (Wildman–Crippen MR) is 80.0 cm³/mol. The van der Waals surface area contributed by atoms with E-state index in [0.717, 1.165) is 32.7 Å². The number of aliphatic carboxylic acids is 1. The molecule has 1 rings (SSSR count). The molecule has 0 spiro atoms. The summed E-state index contributed by atoms with van der Waals surface area (Å²) < 4.78 is 5.49. The van der Waals surface area contributed by atoms with Crippen LogP contribution < -0.4 is 5.32 Å². The Hall–Kier alpha value is -0.650. The number of carboxylic acids is 1. The molecule has 0 aromatic rings. The molecular formula is C15H30N2O3. The molecule has 1 aliphatic rings. The summed E-state index contributed by atoms with van der Waals surface area (Å²) in [6.45, 7) is 9.21. The highest BCUT2D eigenvalue weighted by molar-refractivity contribution is 5.78. The minimum absolute atomic E-state index is 0.160. The number of nitrogens with zero attached hydrogens (tertiary/aromatic N) is 1. The zero-order valence-electron chi connectivity index (χ0n) is 13.3. The zero-order chi connectivity index (χ0) is 15.2. The van der Waals surface area contributed by atoms with Crippen LogP contribution in [0.1, 0.15) is 40.0 Å². The molecule has 20 heavy (non-hydrogen) atoms. The Morgan fingerprint density at radius 1 is 1.55 bits per heavy atom. The van der Waals surface area contributed by atoms with Crippen molar-refractivity contribution in [3.8, 4) is 0 Å². The molecule has 2 N–H and O–H groups in total. The van der Waals surface area contributed by atoms with Crippen molar-refractivity contribution in [2.24, 2.45) is 5.92 Å². The van der Waals surface area contributed by atoms with Gasteiger partial charge < -0.3 is 14.7 Å². The highest BCUT2D eigenvalue weighted by Crippen LogP contribution is 2.16. The fourth-order valence-corrected chi connectivity index (χ4v) is 2.78. The summed E-state index contributed by atoms with van der Waals surface area (Å²) >= 11 is 0. The Balaban J connectivity index is 2.39. The lowest BCUT2D eigenvalue weighted by Gasteiger charge is -2.32. The van der Waals surface area contributed by atoms with Gasteiger partial charge in [0.25, 0.3) is 0 Å². The molecule has 5 heteroatoms. The highest BCUT2D eigenvalue weighted by Gasteiger charge is 2.33. The summed E-state index contributed by atoms with van der Waals surface area (Å²) in [6, 6.07) is 0.160. The van der Waals surface area contributed by atoms with Crippen molar-refractivity contribution in [1.29, 1.82) is 0 Å². The maximum atomic E-state index is 11.5. The van der Waals surface area contributed by atoms with Gasteiger partial charge in [0.05, 0.1) is 6.61 Å². The van der Waals surface area contributed by atoms with Gasteiger partial charge in [-0.3, -0.25) is 10.1 Å². The molecule has 0 bridgehead atoms. The predicted octanol–water partition coefficient (Wildman–Crippen LogP) is 1.58. The fourth-order valence-electron chi connectivity index (χ4n) is 2.78. The molecule has 0 radical (unpaired) electrons. The van der Waals surface area contributed by atoms with Crippen molar-refractivity contribution < 1.29 is 14.6 Å². The maximum absolute atomic E-state index is 11.5. The number of hydrogen-bond donors (Lipinski definition) is 2. The van der Waals surface area contributed by atoms with Crippen LogP contribution in [0.5, 0.6) is 0 Å². The van der Waals surface area contributed by atoms with Gasteiger partial charge in [-0.1, -0.05) is 0 Å². The summed E-state index contributed by atoms with van der Waals surface area (Å²) in [4.78, 5) is 13.7. The Morgan fingerprint density at radius 3 is 2.75 bits per heavy atom. The van der Waals surface area contributed by atoms with Crippen molar-refractivity contribution in [2.75, 3.05) is 33.4 Å². The van der Waals surface area contributed by atoms with E-state index in [2.05, 4.69) is 17.3 Å². The largest absolute Gasteiger partial charge is 0.480 e. The van der Waals surface area contributed by atoms with Crippen molar-refractivity contribution >= 4 is 5.97 Å². The number of carbonyl (C=O) groups is 1. The summed E-state index contributed by atoms with van der Waals surface area (Å²) in [7, 11) is 2.06. The first kappa shape index (κ1) is 17.4. The van der Waals surface area contributed by atoms with E-state index in [4.69, 9.17) is 4.74 Å². The maximum Gasteiger partial charge on any atom is 0.323 e. The first-order chi connectivity index (χ1) is 9.33. The van der Waals surface area contributed by atoms with E-state index in [1.165, 1.54) is 6.42 Å². The van der Waals surface area contributed by atoms with Gasteiger partial charge in [0.15, 0.2) is 0 Å². The van der Waals surface area contributed by atoms with Crippen LogP contribution in [-0.2, 0) is 9.53 Å². The zero-order valence-corrected chi connectivity index (χ0v) is 13.3. The molecule has 0 amide bonds. The van der Waals surface area contributed by atoms with Gasteiger partial charge in [-0.05, 0) is 53.0 Å². The number of ether oxygens (including phenoxy) is 1. The lowest BCUT2D eigenvalue weighted by molar-refractivity contribution is -0.145. The van der Waals surface area contributed by atoms with Crippen LogP contribution in [0.4, 0.5) is 0 Å². The molecule has 0 aromatic heterocycles. The molecule has 1 aliphatic heterocycles. The topological polar surface area (TPSA) is 61.8 Å². The van der Waals surface area contributed by atoms with Gasteiger partial charge >= 0.3 is 5.97 Å². The second kappa shape index (κ2) is 7.96. The molecular weight excluding hydrogens is 256 g/mol. The van der Waals surface area contributed by atoms with Crippen LogP contribution in [0.3, 0.4) is 0 Å². The average Bonchev–Trinajstić information content (AvgIpc) is 2.36. The van der Waals surface area contributed by atoms with Crippen LogP contribution in [0.25, 0.3) is 0 Å². The summed E-state index contributed by atoms with van der Waals surface area (Å²) in [5.74, 6) is -0.191. The van der Waals surface area contributed by atoms with Gasteiger partial charge in [0.2, 0.25) is 0 Å². The monoisotopic (exact) mass is 286 g/mol. The van der Waals surface area contributed by atoms with E-state index in [9.17, 15) is 9.90 Å². The van der Waals surface area contributed by atoms with Crippen molar-refractivity contribution in [3.63, 3.8) is 0 Å². The standard InChI is InChI=1S/C15H30N2O3/c1-12(2)16-15(3,14(18)19)7-8-17(4)10-13-6-5-9-20-11-13/h12-13,16H,5-11H2,1-4H3,(H,18,19). The SMILES string of the molecule is CC(C)NC(C)(CCN(C)CC1CCCOC1)C(=O)O. The lowest BCUT2D eigenvalue weighted by Crippen LogP contribution is -2.53. The molecule has 1 saturated heterocycles. The van der Waals surface area contributed by atoms with Crippen molar-refractivity contribution in [1.82, 2.24) is 10.2 Å². The summed E-state index contributed by atoms with van der Waals surface area (Å²) in [5.41, 5.74) is -0.856. The van der Waals surface area contributed by atoms with E-state index in [-0.39, 0.29) is 6.04 Å². The molecule has 2 unspecified atom stereocenters. The fraction of sp³-hybridized carbons (Fsp3) is 0.933. The molecule has 1 heterocycles. The lowest BCUT2D eigenvalue weighted by atomic mass is 9.96. The van der Waals surface area contributed by atoms with Crippen molar-refractivity contribution in [2.45, 2.75) is 51.6 Å². The molecule has 5 nitrogen and oxygen atoms in total. The van der Waals surface area contributed by atoms with Gasteiger partial charge in [0, 0.05) is 25.7 Å². The molecule has 2 atom stereocenters. The highest BCUT2D eigenvalue weighted by atomic mass is 16.5. The number of nitrogens with one attached hydrogen (secondary N) is 1. The third-order valence-corrected chi connectivity index (χ3v) is 3.90. The van der Waals surface area contributed by atoms with Crippen LogP contribution >= 0.6 is 0 Å². The second-order valence-electron chi connectivity index (χ2n) is 6.53. The van der Waals surface area contributed by atoms with E-state index in [0.29, 0.717) is 12.3 Å². The first-order valence-corrected chi connectivity index (χ1v) is 7.61. The molecule has 0 saturated carbocycles. The van der Waals surface area contributed by atoms with Crippen LogP contribution in [0, 0.1) is 5.92 Å². The third kappa shape index (κ3) is 5.77. The average molecular weight is 286 g/mol. The van der Waals surface area contributed by atoms with Crippen molar-refractivity contribution in [3.05, 3.63) is 0 Å². The normalized spacial score (nSPS) is 23.0. The minimum atomic E-state index is -0.856. The third-order valence-electron chi connectivity index (χ3n) is 3.90. The Labute approximate surface area is 122 Å². The van der Waals surface area contributed by atoms with Gasteiger partial charge in [-0.2, -0.15) is 0 Å². The molecule has 0 aliphatic carbocycles. The van der Waals surface area contributed by atoms with Crippen LogP contribution in [0.15, 0.2) is 0 Å². The van der Waals surface area contributed by atoms with E-state index in [1.54, 1.807) is 6.92 Å². The smallest absolute Gasteiger partial charge is 0.323 e. The molecule has 1 fully saturated rings. The van der Waals surface area contributed by atoms with Crippen LogP contribution in [-0.4, -0.2) is 60.9 Å². The quantitative estimate of drug-likeness (QED) is 0.709. The second-order valence-corrected chi connectivity index (χ2v) is 6.53. The Kier molecular flexibility index (Phi) is 6.92. The number of hydrogen-bond acceptors (Lipinski definition) is 4. The summed E-state index contributed by atoms with van der Waals surface area (Å²) in [6.07, 6.45) is 2.95. The van der Waals surface area contributed by atoms with Gasteiger partial charge in [0.1, 0.15) is 5.54 Å². The van der Waals surface area contributed by atoms with Crippen LogP contribution in [0.2, 0.25) is 0 Å². The number of rotatable bonds is 8. The molecule has 0 aromatic carbocycles. The van der Waals surface area contributed by atoms with E-state index >= 15 is 0 Å². The first-order valence-electron chi connectivity index (χ1n) is 7.61. The Bertz CT molecular complexity index is 303. The summed E-state index contributed by atoms with van der Waals surface area (Å²) in [5, 5.41) is 12.6. The van der Waals surface area contributed by atoms with Gasteiger partial charge in [-0.25, -0.2) is 0 Å². The minimum Gasteiger partial charge on any atom is -0.480 e. The number of carboxylic acid groups (broad SMARTS) is 1. The van der Waals surface area contributed by atoms with Gasteiger partial charge in [-0.15, -0.1) is 0 Å². The Morgan fingerprint density at radius 2 is 2.25 bits per heavy atom. The van der Waals surface area contributed by atoms with E-state index in [1.807, 2.05) is 13.8 Å².